The third-order valence-electron chi connectivity index (χ3n) is 2.03. The zero-order valence-corrected chi connectivity index (χ0v) is 7.34. The van der Waals surface area contributed by atoms with Gasteiger partial charge < -0.3 is 10.8 Å². The third kappa shape index (κ3) is 2.26. The second-order valence-corrected chi connectivity index (χ2v) is 2.94. The number of aliphatic carboxylic acids is 1. The predicted molar refractivity (Wildman–Crippen MR) is 48.3 cm³/mol. The zero-order valence-electron chi connectivity index (χ0n) is 7.34. The molecular weight excluding hydrogens is 168 g/mol. The normalized spacial score (nSPS) is 14.9. The zero-order chi connectivity index (χ0) is 9.84. The lowest BCUT2D eigenvalue weighted by molar-refractivity contribution is -0.139. The van der Waals surface area contributed by atoms with Gasteiger partial charge in [-0.2, -0.15) is 0 Å². The van der Waals surface area contributed by atoms with Crippen LogP contribution in [0.4, 0.5) is 0 Å². The fourth-order valence-corrected chi connectivity index (χ4v) is 1.07. The Bertz CT molecular complexity index is 287. The number of nitrogens with two attached hydrogens (primary N) is 1. The van der Waals surface area contributed by atoms with Gasteiger partial charge >= 0.3 is 5.97 Å². The van der Waals surface area contributed by atoms with Crippen LogP contribution in [-0.4, -0.2) is 22.1 Å². The van der Waals surface area contributed by atoms with E-state index in [4.69, 9.17) is 10.8 Å². The molecular formula is C9H12N2O2. The SMILES string of the molecule is CC(c1cccnc1)C(N)C(=O)O. The Morgan fingerprint density at radius 3 is 2.85 bits per heavy atom. The van der Waals surface area contributed by atoms with Crippen LogP contribution in [0, 0.1) is 0 Å². The Balaban J connectivity index is 2.79. The molecule has 4 nitrogen and oxygen atoms in total. The van der Waals surface area contributed by atoms with Crippen molar-refractivity contribution in [3.63, 3.8) is 0 Å². The van der Waals surface area contributed by atoms with E-state index in [1.807, 2.05) is 6.07 Å². The molecule has 2 unspecified atom stereocenters. The molecule has 0 saturated heterocycles. The molecule has 1 aromatic rings. The standard InChI is InChI=1S/C9H12N2O2/c1-6(8(10)9(12)13)7-3-2-4-11-5-7/h2-6,8H,10H2,1H3,(H,12,13). The molecule has 0 spiro atoms. The summed E-state index contributed by atoms with van der Waals surface area (Å²) in [5, 5.41) is 8.67. The summed E-state index contributed by atoms with van der Waals surface area (Å²) in [6, 6.07) is 2.71. The fourth-order valence-electron chi connectivity index (χ4n) is 1.07. The van der Waals surface area contributed by atoms with Crippen LogP contribution in [0.2, 0.25) is 0 Å². The highest BCUT2D eigenvalue weighted by atomic mass is 16.4. The second kappa shape index (κ2) is 4.00. The van der Waals surface area contributed by atoms with Crippen LogP contribution in [0.1, 0.15) is 18.4 Å². The maximum absolute atomic E-state index is 10.6. The quantitative estimate of drug-likeness (QED) is 0.714. The van der Waals surface area contributed by atoms with Crippen molar-refractivity contribution in [2.45, 2.75) is 18.9 Å². The first kappa shape index (κ1) is 9.67. The molecule has 1 heterocycles. The van der Waals surface area contributed by atoms with Gasteiger partial charge in [0.05, 0.1) is 0 Å². The summed E-state index contributed by atoms with van der Waals surface area (Å²) in [5.74, 6) is -1.21. The molecule has 0 aliphatic heterocycles. The van der Waals surface area contributed by atoms with Gasteiger partial charge in [-0.05, 0) is 11.6 Å². The van der Waals surface area contributed by atoms with Crippen molar-refractivity contribution in [1.29, 1.82) is 0 Å². The van der Waals surface area contributed by atoms with Gasteiger partial charge in [-0.25, -0.2) is 0 Å². The first-order valence-electron chi connectivity index (χ1n) is 4.01. The Labute approximate surface area is 76.4 Å². The average Bonchev–Trinajstić information content (AvgIpc) is 2.17. The van der Waals surface area contributed by atoms with E-state index < -0.39 is 12.0 Å². The van der Waals surface area contributed by atoms with Crippen molar-refractivity contribution in [2.24, 2.45) is 5.73 Å². The highest BCUT2D eigenvalue weighted by Crippen LogP contribution is 2.16. The van der Waals surface area contributed by atoms with Crippen LogP contribution in [0.25, 0.3) is 0 Å². The van der Waals surface area contributed by atoms with Crippen LogP contribution in [0.3, 0.4) is 0 Å². The van der Waals surface area contributed by atoms with Gasteiger partial charge in [0.25, 0.3) is 0 Å². The lowest BCUT2D eigenvalue weighted by Crippen LogP contribution is -2.35. The topological polar surface area (TPSA) is 76.2 Å². The molecule has 0 radical (unpaired) electrons. The summed E-state index contributed by atoms with van der Waals surface area (Å²) in [6.45, 7) is 1.77. The molecule has 0 saturated carbocycles. The largest absolute Gasteiger partial charge is 0.480 e. The van der Waals surface area contributed by atoms with Crippen LogP contribution in [-0.2, 0) is 4.79 Å². The summed E-state index contributed by atoms with van der Waals surface area (Å²) in [5.41, 5.74) is 6.31. The molecule has 0 bridgehead atoms. The molecule has 13 heavy (non-hydrogen) atoms. The van der Waals surface area contributed by atoms with Crippen LogP contribution < -0.4 is 5.73 Å². The average molecular weight is 180 g/mol. The van der Waals surface area contributed by atoms with Gasteiger partial charge in [-0.3, -0.25) is 9.78 Å². The Morgan fingerprint density at radius 1 is 1.69 bits per heavy atom. The molecule has 0 aliphatic carbocycles. The summed E-state index contributed by atoms with van der Waals surface area (Å²) in [4.78, 5) is 14.5. The molecule has 0 fully saturated rings. The summed E-state index contributed by atoms with van der Waals surface area (Å²) in [6.07, 6.45) is 3.27. The van der Waals surface area contributed by atoms with Gasteiger partial charge in [-0.15, -0.1) is 0 Å². The molecule has 0 aromatic carbocycles. The molecule has 1 rings (SSSR count). The first-order chi connectivity index (χ1) is 6.13. The van der Waals surface area contributed by atoms with Gasteiger partial charge in [-0.1, -0.05) is 13.0 Å². The number of carboxylic acid groups (broad SMARTS) is 1. The third-order valence-corrected chi connectivity index (χ3v) is 2.03. The maximum Gasteiger partial charge on any atom is 0.321 e. The molecule has 0 amide bonds. The minimum absolute atomic E-state index is 0.216. The van der Waals surface area contributed by atoms with E-state index in [2.05, 4.69) is 4.98 Å². The predicted octanol–water partition coefficient (Wildman–Crippen LogP) is 0.597. The molecule has 3 N–H and O–H groups in total. The van der Waals surface area contributed by atoms with Crippen molar-refractivity contribution in [1.82, 2.24) is 4.98 Å². The van der Waals surface area contributed by atoms with Crippen molar-refractivity contribution in [3.05, 3.63) is 30.1 Å². The van der Waals surface area contributed by atoms with E-state index >= 15 is 0 Å². The number of aromatic nitrogens is 1. The number of carbonyl (C=O) groups is 1. The Hall–Kier alpha value is -1.42. The van der Waals surface area contributed by atoms with Crippen molar-refractivity contribution in [3.8, 4) is 0 Å². The van der Waals surface area contributed by atoms with Gasteiger partial charge in [0, 0.05) is 18.3 Å². The number of pyridine rings is 1. The molecule has 4 heteroatoms. The summed E-state index contributed by atoms with van der Waals surface area (Å²) >= 11 is 0. The second-order valence-electron chi connectivity index (χ2n) is 2.94. The maximum atomic E-state index is 10.6. The van der Waals surface area contributed by atoms with E-state index in [-0.39, 0.29) is 5.92 Å². The van der Waals surface area contributed by atoms with Crippen LogP contribution >= 0.6 is 0 Å². The number of nitrogens with zero attached hydrogens (tertiary/aromatic N) is 1. The van der Waals surface area contributed by atoms with Gasteiger partial charge in [0.2, 0.25) is 0 Å². The van der Waals surface area contributed by atoms with E-state index in [0.29, 0.717) is 0 Å². The van der Waals surface area contributed by atoms with E-state index in [0.717, 1.165) is 5.56 Å². The summed E-state index contributed by atoms with van der Waals surface area (Å²) in [7, 11) is 0. The van der Waals surface area contributed by atoms with Crippen molar-refractivity contribution >= 4 is 5.97 Å². The monoisotopic (exact) mass is 180 g/mol. The minimum atomic E-state index is -0.989. The smallest absolute Gasteiger partial charge is 0.321 e. The number of rotatable bonds is 3. The highest BCUT2D eigenvalue weighted by molar-refractivity contribution is 5.74. The van der Waals surface area contributed by atoms with Crippen molar-refractivity contribution in [2.75, 3.05) is 0 Å². The molecule has 2 atom stereocenters. The van der Waals surface area contributed by atoms with Crippen LogP contribution in [0.15, 0.2) is 24.5 Å². The molecule has 70 valence electrons. The van der Waals surface area contributed by atoms with Crippen LogP contribution in [0.5, 0.6) is 0 Å². The number of hydrogen-bond donors (Lipinski definition) is 2. The summed E-state index contributed by atoms with van der Waals surface area (Å²) < 4.78 is 0. The van der Waals surface area contributed by atoms with E-state index in [9.17, 15) is 4.79 Å². The first-order valence-corrected chi connectivity index (χ1v) is 4.01. The number of hydrogen-bond acceptors (Lipinski definition) is 3. The van der Waals surface area contributed by atoms with E-state index in [1.54, 1.807) is 25.4 Å². The fraction of sp³-hybridized carbons (Fsp3) is 0.333. The minimum Gasteiger partial charge on any atom is -0.480 e. The lowest BCUT2D eigenvalue weighted by Gasteiger charge is -2.15. The van der Waals surface area contributed by atoms with Gasteiger partial charge in [0.1, 0.15) is 6.04 Å². The molecule has 0 aliphatic rings. The lowest BCUT2D eigenvalue weighted by atomic mass is 9.95. The Morgan fingerprint density at radius 2 is 2.38 bits per heavy atom. The number of carboxylic acids is 1. The Kier molecular flexibility index (Phi) is 2.97. The highest BCUT2D eigenvalue weighted by Gasteiger charge is 2.21. The van der Waals surface area contributed by atoms with E-state index in [1.165, 1.54) is 0 Å². The van der Waals surface area contributed by atoms with Crippen molar-refractivity contribution < 1.29 is 9.90 Å². The molecule has 1 aromatic heterocycles. The van der Waals surface area contributed by atoms with Gasteiger partial charge in [0.15, 0.2) is 0 Å².